The van der Waals surface area contributed by atoms with Crippen LogP contribution in [-0.4, -0.2) is 5.88 Å². The van der Waals surface area contributed by atoms with Crippen LogP contribution in [0.2, 0.25) is 0 Å². The van der Waals surface area contributed by atoms with Crippen LogP contribution in [-0.2, 0) is 0 Å². The molecule has 0 nitrogen and oxygen atoms in total. The fourth-order valence-corrected chi connectivity index (χ4v) is 0. The highest BCUT2D eigenvalue weighted by Crippen LogP contribution is 1.86. The Labute approximate surface area is 62.5 Å². The van der Waals surface area contributed by atoms with Crippen LogP contribution in [0.3, 0.4) is 0 Å². The zero-order valence-electron chi connectivity index (χ0n) is 5.86. The van der Waals surface area contributed by atoms with Gasteiger partial charge in [0, 0.05) is 5.88 Å². The molecule has 0 aliphatic rings. The van der Waals surface area contributed by atoms with Crippen molar-refractivity contribution in [2.75, 3.05) is 5.88 Å². The molecule has 0 aromatic carbocycles. The molecule has 0 amide bonds. The Balaban J connectivity index is 0. The Morgan fingerprint density at radius 1 is 1.44 bits per heavy atom. The van der Waals surface area contributed by atoms with Gasteiger partial charge in [-0.3, -0.25) is 0 Å². The molecule has 0 aliphatic heterocycles. The fourth-order valence-electron chi connectivity index (χ4n) is 0. The first-order valence-corrected chi connectivity index (χ1v) is 3.16. The van der Waals surface area contributed by atoms with Gasteiger partial charge in [-0.1, -0.05) is 37.5 Å². The van der Waals surface area contributed by atoms with Crippen molar-refractivity contribution in [3.63, 3.8) is 0 Å². The maximum atomic E-state index is 5.24. The maximum Gasteiger partial charge on any atom is 0.0428 e. The summed E-state index contributed by atoms with van der Waals surface area (Å²) in [5, 5.41) is 0. The lowest BCUT2D eigenvalue weighted by molar-refractivity contribution is 1.43. The van der Waals surface area contributed by atoms with Gasteiger partial charge < -0.3 is 0 Å². The average molecular weight is 145 g/mol. The van der Waals surface area contributed by atoms with Gasteiger partial charge in [0.1, 0.15) is 0 Å². The van der Waals surface area contributed by atoms with Crippen LogP contribution in [0.25, 0.3) is 0 Å². The van der Waals surface area contributed by atoms with E-state index in [-0.39, 0.29) is 0 Å². The van der Waals surface area contributed by atoms with Crippen LogP contribution in [0.5, 0.6) is 0 Å². The van der Waals surface area contributed by atoms with Crippen molar-refractivity contribution < 1.29 is 0 Å². The third-order valence-corrected chi connectivity index (χ3v) is 0.851. The van der Waals surface area contributed by atoms with Crippen molar-refractivity contribution in [2.24, 2.45) is 0 Å². The molecule has 0 spiro atoms. The Hall–Kier alpha value is -0.490. The number of allylic oxidation sites excluding steroid dienone is 3. The lowest BCUT2D eigenvalue weighted by atomic mass is 10.4. The van der Waals surface area contributed by atoms with Crippen molar-refractivity contribution in [3.05, 3.63) is 37.5 Å². The van der Waals surface area contributed by atoms with Gasteiger partial charge in [-0.25, -0.2) is 0 Å². The second-order valence-corrected chi connectivity index (χ2v) is 1.83. The summed E-state index contributed by atoms with van der Waals surface area (Å²) in [6.45, 7) is 12.2. The van der Waals surface area contributed by atoms with Crippen molar-refractivity contribution in [3.8, 4) is 0 Å². The summed E-state index contributed by atoms with van der Waals surface area (Å²) in [4.78, 5) is 0. The van der Waals surface area contributed by atoms with Crippen LogP contribution in [0.4, 0.5) is 0 Å². The molecule has 0 aliphatic carbocycles. The van der Waals surface area contributed by atoms with Gasteiger partial charge >= 0.3 is 0 Å². The highest BCUT2D eigenvalue weighted by atomic mass is 35.5. The number of rotatable bonds is 2. The highest BCUT2D eigenvalue weighted by molar-refractivity contribution is 6.19. The third-order valence-electron chi connectivity index (χ3n) is 0.395. The van der Waals surface area contributed by atoms with Crippen molar-refractivity contribution >= 4 is 11.6 Å². The molecule has 0 saturated heterocycles. The van der Waals surface area contributed by atoms with Gasteiger partial charge in [-0.2, -0.15) is 0 Å². The molecule has 0 aromatic rings. The summed E-state index contributed by atoms with van der Waals surface area (Å²) in [6, 6.07) is 0. The van der Waals surface area contributed by atoms with E-state index in [0.717, 1.165) is 5.57 Å². The van der Waals surface area contributed by atoms with Gasteiger partial charge in [0.25, 0.3) is 0 Å². The zero-order valence-corrected chi connectivity index (χ0v) is 6.62. The Morgan fingerprint density at radius 3 is 1.67 bits per heavy atom. The number of halogens is 1. The van der Waals surface area contributed by atoms with Gasteiger partial charge in [-0.15, -0.1) is 11.6 Å². The van der Waals surface area contributed by atoms with Gasteiger partial charge in [-0.05, 0) is 6.92 Å². The summed E-state index contributed by atoms with van der Waals surface area (Å²) in [7, 11) is 0. The minimum absolute atomic E-state index is 0.583. The molecular weight excluding hydrogens is 132 g/mol. The van der Waals surface area contributed by atoms with Gasteiger partial charge in [0.05, 0.1) is 0 Å². The van der Waals surface area contributed by atoms with Crippen LogP contribution < -0.4 is 0 Å². The second-order valence-electron chi connectivity index (χ2n) is 1.56. The van der Waals surface area contributed by atoms with E-state index in [9.17, 15) is 0 Å². The SMILES string of the molecule is C=C(C)CCl.C=CC=C. The maximum absolute atomic E-state index is 5.24. The van der Waals surface area contributed by atoms with E-state index in [1.54, 1.807) is 12.2 Å². The van der Waals surface area contributed by atoms with Gasteiger partial charge in [0.15, 0.2) is 0 Å². The smallest absolute Gasteiger partial charge is 0.0428 e. The molecule has 9 heavy (non-hydrogen) atoms. The first-order chi connectivity index (χ1) is 4.18. The largest absolute Gasteiger partial charge is 0.122 e. The van der Waals surface area contributed by atoms with E-state index in [0.29, 0.717) is 5.88 Å². The summed E-state index contributed by atoms with van der Waals surface area (Å²) < 4.78 is 0. The summed E-state index contributed by atoms with van der Waals surface area (Å²) in [5.41, 5.74) is 1.02. The fraction of sp³-hybridized carbons (Fsp3) is 0.250. The molecule has 52 valence electrons. The lowest BCUT2D eigenvalue weighted by Gasteiger charge is -1.77. The van der Waals surface area contributed by atoms with E-state index >= 15 is 0 Å². The van der Waals surface area contributed by atoms with E-state index < -0.39 is 0 Å². The summed E-state index contributed by atoms with van der Waals surface area (Å²) >= 11 is 5.24. The van der Waals surface area contributed by atoms with E-state index in [2.05, 4.69) is 19.7 Å². The normalized spacial score (nSPS) is 6.44. The Morgan fingerprint density at radius 2 is 1.67 bits per heavy atom. The predicted molar refractivity (Wildman–Crippen MR) is 45.9 cm³/mol. The van der Waals surface area contributed by atoms with Crippen LogP contribution in [0.1, 0.15) is 6.92 Å². The topological polar surface area (TPSA) is 0 Å². The van der Waals surface area contributed by atoms with E-state index in [1.807, 2.05) is 6.92 Å². The minimum Gasteiger partial charge on any atom is -0.122 e. The zero-order chi connectivity index (χ0) is 7.70. The molecule has 0 fully saturated rings. The quantitative estimate of drug-likeness (QED) is 0.317. The van der Waals surface area contributed by atoms with Crippen LogP contribution in [0.15, 0.2) is 37.5 Å². The molecule has 0 aromatic heterocycles. The van der Waals surface area contributed by atoms with E-state index in [4.69, 9.17) is 11.6 Å². The first-order valence-electron chi connectivity index (χ1n) is 2.62. The van der Waals surface area contributed by atoms with Crippen molar-refractivity contribution in [2.45, 2.75) is 6.92 Å². The number of hydrogen-bond acceptors (Lipinski definition) is 0. The molecule has 0 N–H and O–H groups in total. The first kappa shape index (κ1) is 11.3. The third kappa shape index (κ3) is 36.2. The van der Waals surface area contributed by atoms with Crippen molar-refractivity contribution in [1.29, 1.82) is 0 Å². The summed E-state index contributed by atoms with van der Waals surface area (Å²) in [6.07, 6.45) is 3.28. The standard InChI is InChI=1S/C4H7Cl.C4H6/c1-4(2)3-5;1-3-4-2/h1,3H2,2H3;3-4H,1-2H2. The van der Waals surface area contributed by atoms with Crippen LogP contribution in [0, 0.1) is 0 Å². The molecule has 0 saturated carbocycles. The molecule has 0 bridgehead atoms. The monoisotopic (exact) mass is 144 g/mol. The molecule has 0 heterocycles. The van der Waals surface area contributed by atoms with Crippen molar-refractivity contribution in [1.82, 2.24) is 0 Å². The van der Waals surface area contributed by atoms with Crippen LogP contribution >= 0.6 is 11.6 Å². The minimum atomic E-state index is 0.583. The number of alkyl halides is 1. The lowest BCUT2D eigenvalue weighted by Crippen LogP contribution is -1.65. The Bertz CT molecular complexity index is 86.7. The van der Waals surface area contributed by atoms with Gasteiger partial charge in [0.2, 0.25) is 0 Å². The van der Waals surface area contributed by atoms with E-state index in [1.165, 1.54) is 0 Å². The number of hydrogen-bond donors (Lipinski definition) is 0. The second kappa shape index (κ2) is 10.5. The Kier molecular flexibility index (Phi) is 13.2. The molecule has 1 heteroatoms. The molecule has 0 atom stereocenters. The molecule has 0 rings (SSSR count). The highest BCUT2D eigenvalue weighted by Gasteiger charge is 1.70. The average Bonchev–Trinajstić information content (AvgIpc) is 1.89. The molecular formula is C8H13Cl. The predicted octanol–water partition coefficient (Wildman–Crippen LogP) is 3.16. The molecule has 0 unspecified atom stereocenters. The summed E-state index contributed by atoms with van der Waals surface area (Å²) in [5.74, 6) is 0.583. The molecule has 0 radical (unpaired) electrons.